The second-order valence-corrected chi connectivity index (χ2v) is 6.37. The molecule has 0 radical (unpaired) electrons. The molecule has 6 heteroatoms. The molecule has 1 saturated heterocycles. The fourth-order valence-corrected chi connectivity index (χ4v) is 2.97. The van der Waals surface area contributed by atoms with Gasteiger partial charge in [-0.1, -0.05) is 30.3 Å². The Balaban J connectivity index is 1.96. The van der Waals surface area contributed by atoms with Gasteiger partial charge in [-0.2, -0.15) is 0 Å². The molecule has 0 bridgehead atoms. The Kier molecular flexibility index (Phi) is 8.18. The van der Waals surface area contributed by atoms with Crippen molar-refractivity contribution in [3.8, 4) is 0 Å². The van der Waals surface area contributed by atoms with E-state index < -0.39 is 0 Å². The number of aliphatic hydroxyl groups is 1. The van der Waals surface area contributed by atoms with Crippen molar-refractivity contribution in [3.63, 3.8) is 0 Å². The summed E-state index contributed by atoms with van der Waals surface area (Å²) in [6.07, 6.45) is 1.71. The normalized spacial score (nSPS) is 18.6. The molecule has 1 aliphatic rings. The summed E-state index contributed by atoms with van der Waals surface area (Å²) in [6.45, 7) is 5.56. The third kappa shape index (κ3) is 5.99. The van der Waals surface area contributed by atoms with Gasteiger partial charge in [-0.25, -0.2) is 0 Å². The highest BCUT2D eigenvalue weighted by Gasteiger charge is 2.32. The Morgan fingerprint density at radius 3 is 2.60 bits per heavy atom. The summed E-state index contributed by atoms with van der Waals surface area (Å²) in [5.41, 5.74) is 0.877. The van der Waals surface area contributed by atoms with Crippen molar-refractivity contribution in [3.05, 3.63) is 35.9 Å². The van der Waals surface area contributed by atoms with Gasteiger partial charge in [0.05, 0.1) is 18.8 Å². The number of ether oxygens (including phenoxy) is 2. The number of hydrogen-bond donors (Lipinski definition) is 3. The predicted octanol–water partition coefficient (Wildman–Crippen LogP) is 1.51. The topological polar surface area (TPSA) is 75.1 Å². The van der Waals surface area contributed by atoms with E-state index in [-0.39, 0.29) is 18.1 Å². The Labute approximate surface area is 150 Å². The third-order valence-electron chi connectivity index (χ3n) is 4.71. The quantitative estimate of drug-likeness (QED) is 0.490. The lowest BCUT2D eigenvalue weighted by Crippen LogP contribution is -2.44. The molecule has 2 rings (SSSR count). The van der Waals surface area contributed by atoms with Gasteiger partial charge in [-0.3, -0.25) is 4.99 Å². The van der Waals surface area contributed by atoms with E-state index in [1.807, 2.05) is 37.3 Å². The lowest BCUT2D eigenvalue weighted by Gasteiger charge is -2.34. The Morgan fingerprint density at radius 2 is 2.00 bits per heavy atom. The lowest BCUT2D eigenvalue weighted by atomic mass is 9.94. The number of aliphatic imine (C=N–C) groups is 1. The van der Waals surface area contributed by atoms with Crippen molar-refractivity contribution < 1.29 is 14.6 Å². The summed E-state index contributed by atoms with van der Waals surface area (Å²) >= 11 is 0. The first-order valence-electron chi connectivity index (χ1n) is 9.04. The summed E-state index contributed by atoms with van der Waals surface area (Å²) < 4.78 is 11.2. The molecule has 1 aromatic carbocycles. The Hall–Kier alpha value is -1.63. The highest BCUT2D eigenvalue weighted by molar-refractivity contribution is 5.79. The molecular weight excluding hydrogens is 318 g/mol. The number of aliphatic hydroxyl groups excluding tert-OH is 1. The average Bonchev–Trinajstić information content (AvgIpc) is 2.68. The predicted molar refractivity (Wildman–Crippen MR) is 100 cm³/mol. The molecule has 1 aromatic rings. The van der Waals surface area contributed by atoms with Crippen molar-refractivity contribution in [2.75, 3.05) is 46.6 Å². The van der Waals surface area contributed by atoms with Crippen molar-refractivity contribution in [2.24, 2.45) is 4.99 Å². The molecule has 1 aliphatic heterocycles. The first-order chi connectivity index (χ1) is 12.2. The van der Waals surface area contributed by atoms with Gasteiger partial charge in [0.1, 0.15) is 0 Å². The Morgan fingerprint density at radius 1 is 1.28 bits per heavy atom. The maximum atomic E-state index is 9.70. The third-order valence-corrected chi connectivity index (χ3v) is 4.71. The summed E-state index contributed by atoms with van der Waals surface area (Å²) in [4.78, 5) is 4.71. The number of rotatable bonds is 8. The van der Waals surface area contributed by atoms with Crippen LogP contribution < -0.4 is 10.6 Å². The molecule has 140 valence electrons. The molecule has 25 heavy (non-hydrogen) atoms. The van der Waals surface area contributed by atoms with Gasteiger partial charge in [0.25, 0.3) is 0 Å². The molecule has 1 fully saturated rings. The van der Waals surface area contributed by atoms with Crippen molar-refractivity contribution >= 4 is 5.96 Å². The summed E-state index contributed by atoms with van der Waals surface area (Å²) in [7, 11) is 1.75. The summed E-state index contributed by atoms with van der Waals surface area (Å²) in [5, 5.41) is 16.3. The second-order valence-electron chi connectivity index (χ2n) is 6.37. The van der Waals surface area contributed by atoms with E-state index in [1.54, 1.807) is 7.11 Å². The molecule has 1 heterocycles. The summed E-state index contributed by atoms with van der Waals surface area (Å²) in [6, 6.07) is 10.0. The van der Waals surface area contributed by atoms with Gasteiger partial charge in [-0.05, 0) is 12.5 Å². The first-order valence-corrected chi connectivity index (χ1v) is 9.04. The van der Waals surface area contributed by atoms with Crippen LogP contribution >= 0.6 is 0 Å². The standard InChI is InChI=1S/C19H31N3O3/c1-3-20-18(22-15-19(24-2)9-11-25-12-10-19)21-13-17(14-23)16-7-5-4-6-8-16/h4-8,17,23H,3,9-15H2,1-2H3,(H2,20,21,22). The highest BCUT2D eigenvalue weighted by Crippen LogP contribution is 2.24. The second kappa shape index (κ2) is 10.4. The van der Waals surface area contributed by atoms with Crippen LogP contribution in [0.15, 0.2) is 35.3 Å². The number of nitrogens with zero attached hydrogens (tertiary/aromatic N) is 1. The SMILES string of the molecule is CCNC(=NCC1(OC)CCOCC1)NCC(CO)c1ccccc1. The molecule has 0 aliphatic carbocycles. The van der Waals surface area contributed by atoms with Crippen LogP contribution in [0.4, 0.5) is 0 Å². The van der Waals surface area contributed by atoms with Crippen LogP contribution in [0, 0.1) is 0 Å². The zero-order chi connectivity index (χ0) is 18.0. The number of benzene rings is 1. The van der Waals surface area contributed by atoms with Crippen LogP contribution in [0.1, 0.15) is 31.2 Å². The van der Waals surface area contributed by atoms with Crippen molar-refractivity contribution in [1.82, 2.24) is 10.6 Å². The first kappa shape index (κ1) is 19.7. The molecule has 0 aromatic heterocycles. The number of guanidine groups is 1. The fraction of sp³-hybridized carbons (Fsp3) is 0.632. The monoisotopic (exact) mass is 349 g/mol. The van der Waals surface area contributed by atoms with Gasteiger partial charge in [0.2, 0.25) is 0 Å². The van der Waals surface area contributed by atoms with Crippen LogP contribution in [0.3, 0.4) is 0 Å². The van der Waals surface area contributed by atoms with E-state index in [9.17, 15) is 5.11 Å². The zero-order valence-corrected chi connectivity index (χ0v) is 15.3. The van der Waals surface area contributed by atoms with Gasteiger partial charge < -0.3 is 25.2 Å². The van der Waals surface area contributed by atoms with E-state index in [0.29, 0.717) is 26.3 Å². The molecule has 0 amide bonds. The fourth-order valence-electron chi connectivity index (χ4n) is 2.97. The minimum absolute atomic E-state index is 0.0320. The minimum Gasteiger partial charge on any atom is -0.396 e. The van der Waals surface area contributed by atoms with E-state index in [2.05, 4.69) is 10.6 Å². The van der Waals surface area contributed by atoms with Gasteiger partial charge in [0, 0.05) is 52.2 Å². The maximum Gasteiger partial charge on any atom is 0.191 e. The molecule has 6 nitrogen and oxygen atoms in total. The smallest absolute Gasteiger partial charge is 0.191 e. The lowest BCUT2D eigenvalue weighted by molar-refractivity contribution is -0.0828. The minimum atomic E-state index is -0.240. The molecule has 0 spiro atoms. The van der Waals surface area contributed by atoms with Crippen molar-refractivity contribution in [2.45, 2.75) is 31.3 Å². The molecule has 0 saturated carbocycles. The van der Waals surface area contributed by atoms with Crippen LogP contribution in [-0.2, 0) is 9.47 Å². The summed E-state index contributed by atoms with van der Waals surface area (Å²) in [5.74, 6) is 0.782. The maximum absolute atomic E-state index is 9.70. The van der Waals surface area contributed by atoms with E-state index in [0.717, 1.165) is 30.9 Å². The van der Waals surface area contributed by atoms with E-state index >= 15 is 0 Å². The zero-order valence-electron chi connectivity index (χ0n) is 15.3. The number of nitrogens with one attached hydrogen (secondary N) is 2. The van der Waals surface area contributed by atoms with Crippen LogP contribution in [0.5, 0.6) is 0 Å². The molecule has 3 N–H and O–H groups in total. The van der Waals surface area contributed by atoms with Gasteiger partial charge in [0.15, 0.2) is 5.96 Å². The highest BCUT2D eigenvalue weighted by atomic mass is 16.5. The molecule has 1 unspecified atom stereocenters. The number of methoxy groups -OCH3 is 1. The van der Waals surface area contributed by atoms with Gasteiger partial charge in [-0.15, -0.1) is 0 Å². The number of hydrogen-bond acceptors (Lipinski definition) is 4. The largest absolute Gasteiger partial charge is 0.396 e. The van der Waals surface area contributed by atoms with Crippen LogP contribution in [0.25, 0.3) is 0 Å². The van der Waals surface area contributed by atoms with Crippen LogP contribution in [-0.4, -0.2) is 63.2 Å². The van der Waals surface area contributed by atoms with E-state index in [4.69, 9.17) is 14.5 Å². The van der Waals surface area contributed by atoms with Crippen LogP contribution in [0.2, 0.25) is 0 Å². The molecular formula is C19H31N3O3. The van der Waals surface area contributed by atoms with Crippen molar-refractivity contribution in [1.29, 1.82) is 0 Å². The average molecular weight is 349 g/mol. The Bertz CT molecular complexity index is 516. The molecule has 1 atom stereocenters. The van der Waals surface area contributed by atoms with E-state index in [1.165, 1.54) is 0 Å². The van der Waals surface area contributed by atoms with Gasteiger partial charge >= 0.3 is 0 Å².